The largest absolute Gasteiger partial charge is 0.386 e. The molecule has 1 aliphatic carbocycles. The van der Waals surface area contributed by atoms with E-state index in [1.165, 1.54) is 42.4 Å². The summed E-state index contributed by atoms with van der Waals surface area (Å²) in [6.07, 6.45) is 16.7. The van der Waals surface area contributed by atoms with Crippen LogP contribution >= 0.6 is 0 Å². The average molecular weight is 288 g/mol. The van der Waals surface area contributed by atoms with E-state index in [2.05, 4.69) is 39.0 Å². The van der Waals surface area contributed by atoms with E-state index in [0.29, 0.717) is 5.92 Å². The number of allylic oxidation sites excluding steroid dienone is 7. The highest BCUT2D eigenvalue weighted by Crippen LogP contribution is 2.26. The van der Waals surface area contributed by atoms with Crippen LogP contribution in [0.3, 0.4) is 0 Å². The third-order valence-electron chi connectivity index (χ3n) is 4.18. The van der Waals surface area contributed by atoms with Crippen molar-refractivity contribution in [2.24, 2.45) is 5.92 Å². The van der Waals surface area contributed by atoms with Gasteiger partial charge in [-0.05, 0) is 72.6 Å². The molecule has 1 atom stereocenters. The van der Waals surface area contributed by atoms with Gasteiger partial charge in [0, 0.05) is 0 Å². The van der Waals surface area contributed by atoms with Crippen molar-refractivity contribution in [2.75, 3.05) is 0 Å². The van der Waals surface area contributed by atoms with Gasteiger partial charge in [0.15, 0.2) is 0 Å². The molecular formula is C20H32O. The molecule has 1 heteroatoms. The molecule has 0 radical (unpaired) electrons. The van der Waals surface area contributed by atoms with Gasteiger partial charge in [-0.2, -0.15) is 0 Å². The standard InChI is InChI=1S/C20H32O/c1-16-8-6-9-17(2)12-14-19(13-11-16)18(3)10-7-15-20(4,5)21/h7-8,10,12,15,19,21H,6,9,11,13-14H2,1-5H3/b15-7+,16-8+,17-12+,18-10+/t19-/m0/s1. The van der Waals surface area contributed by atoms with Crippen LogP contribution in [-0.2, 0) is 0 Å². The Kier molecular flexibility index (Phi) is 7.17. The van der Waals surface area contributed by atoms with E-state index in [0.717, 1.165) is 6.42 Å². The van der Waals surface area contributed by atoms with Gasteiger partial charge in [-0.1, -0.05) is 47.1 Å². The Hall–Kier alpha value is -1.08. The van der Waals surface area contributed by atoms with Crippen LogP contribution in [0.2, 0.25) is 0 Å². The van der Waals surface area contributed by atoms with Gasteiger partial charge < -0.3 is 5.11 Å². The summed E-state index contributed by atoms with van der Waals surface area (Å²) in [4.78, 5) is 0. The quantitative estimate of drug-likeness (QED) is 0.519. The zero-order valence-corrected chi connectivity index (χ0v) is 14.4. The predicted molar refractivity (Wildman–Crippen MR) is 93.3 cm³/mol. The molecule has 21 heavy (non-hydrogen) atoms. The highest BCUT2D eigenvalue weighted by Gasteiger charge is 2.11. The lowest BCUT2D eigenvalue weighted by molar-refractivity contribution is 0.133. The van der Waals surface area contributed by atoms with Crippen molar-refractivity contribution in [2.45, 2.75) is 72.3 Å². The van der Waals surface area contributed by atoms with Crippen LogP contribution in [0.5, 0.6) is 0 Å². The van der Waals surface area contributed by atoms with Crippen molar-refractivity contribution in [3.05, 3.63) is 47.1 Å². The van der Waals surface area contributed by atoms with E-state index < -0.39 is 5.60 Å². The van der Waals surface area contributed by atoms with Crippen LogP contribution in [0.15, 0.2) is 47.1 Å². The first-order valence-corrected chi connectivity index (χ1v) is 8.17. The molecule has 0 unspecified atom stereocenters. The fourth-order valence-corrected chi connectivity index (χ4v) is 2.60. The summed E-state index contributed by atoms with van der Waals surface area (Å²) >= 11 is 0. The van der Waals surface area contributed by atoms with Gasteiger partial charge in [0.25, 0.3) is 0 Å². The van der Waals surface area contributed by atoms with E-state index in [1.807, 2.05) is 12.2 Å². The molecule has 1 nitrogen and oxygen atoms in total. The number of aliphatic hydroxyl groups is 1. The van der Waals surface area contributed by atoms with E-state index >= 15 is 0 Å². The SMILES string of the molecule is C/C1=C\C[C@@H](/C(C)=C/C=C/C(C)(C)O)CC/C(C)=C/CC1. The smallest absolute Gasteiger partial charge is 0.0774 e. The molecule has 0 heterocycles. The molecular weight excluding hydrogens is 256 g/mol. The predicted octanol–water partition coefficient (Wildman–Crippen LogP) is 5.73. The lowest BCUT2D eigenvalue weighted by Gasteiger charge is -2.18. The lowest BCUT2D eigenvalue weighted by atomic mass is 9.88. The van der Waals surface area contributed by atoms with Crippen molar-refractivity contribution in [3.63, 3.8) is 0 Å². The molecule has 0 saturated heterocycles. The summed E-state index contributed by atoms with van der Waals surface area (Å²) in [5.74, 6) is 0.604. The van der Waals surface area contributed by atoms with Crippen LogP contribution < -0.4 is 0 Å². The van der Waals surface area contributed by atoms with Crippen LogP contribution in [0, 0.1) is 5.92 Å². The molecule has 0 aromatic carbocycles. The Labute approximate surface area is 131 Å². The maximum atomic E-state index is 9.73. The van der Waals surface area contributed by atoms with Gasteiger partial charge >= 0.3 is 0 Å². The molecule has 0 aliphatic heterocycles. The highest BCUT2D eigenvalue weighted by atomic mass is 16.3. The highest BCUT2D eigenvalue weighted by molar-refractivity contribution is 5.18. The second-order valence-electron chi connectivity index (χ2n) is 7.03. The molecule has 0 aromatic heterocycles. The first-order valence-electron chi connectivity index (χ1n) is 8.17. The number of hydrogen-bond acceptors (Lipinski definition) is 1. The second-order valence-corrected chi connectivity index (χ2v) is 7.03. The van der Waals surface area contributed by atoms with Crippen LogP contribution in [0.4, 0.5) is 0 Å². The van der Waals surface area contributed by atoms with Crippen molar-refractivity contribution in [1.29, 1.82) is 0 Å². The monoisotopic (exact) mass is 288 g/mol. The Balaban J connectivity index is 2.79. The van der Waals surface area contributed by atoms with Gasteiger partial charge in [0.1, 0.15) is 0 Å². The van der Waals surface area contributed by atoms with Crippen molar-refractivity contribution >= 4 is 0 Å². The molecule has 1 N–H and O–H groups in total. The van der Waals surface area contributed by atoms with Crippen LogP contribution in [-0.4, -0.2) is 10.7 Å². The minimum Gasteiger partial charge on any atom is -0.386 e. The number of hydrogen-bond donors (Lipinski definition) is 1. The van der Waals surface area contributed by atoms with Crippen molar-refractivity contribution < 1.29 is 5.11 Å². The molecule has 0 amide bonds. The molecule has 0 saturated carbocycles. The maximum Gasteiger partial charge on any atom is 0.0774 e. The summed E-state index contributed by atoms with van der Waals surface area (Å²) in [6, 6.07) is 0. The number of rotatable bonds is 3. The molecule has 118 valence electrons. The van der Waals surface area contributed by atoms with Gasteiger partial charge in [0.2, 0.25) is 0 Å². The minimum absolute atomic E-state index is 0.604. The van der Waals surface area contributed by atoms with Gasteiger partial charge in [-0.15, -0.1) is 0 Å². The van der Waals surface area contributed by atoms with Crippen LogP contribution in [0.1, 0.15) is 66.7 Å². The second kappa shape index (κ2) is 8.38. The minimum atomic E-state index is -0.733. The fraction of sp³-hybridized carbons (Fsp3) is 0.600. The molecule has 1 rings (SSSR count). The topological polar surface area (TPSA) is 20.2 Å². The van der Waals surface area contributed by atoms with E-state index in [4.69, 9.17) is 0 Å². The molecule has 0 spiro atoms. The Bertz CT molecular complexity index is 441. The van der Waals surface area contributed by atoms with E-state index in [9.17, 15) is 5.11 Å². The maximum absolute atomic E-state index is 9.73. The van der Waals surface area contributed by atoms with Crippen molar-refractivity contribution in [3.8, 4) is 0 Å². The summed E-state index contributed by atoms with van der Waals surface area (Å²) in [5, 5.41) is 9.73. The third kappa shape index (κ3) is 8.06. The van der Waals surface area contributed by atoms with E-state index in [-0.39, 0.29) is 0 Å². The Morgan fingerprint density at radius 3 is 2.52 bits per heavy atom. The van der Waals surface area contributed by atoms with Crippen molar-refractivity contribution in [1.82, 2.24) is 0 Å². The first-order chi connectivity index (χ1) is 9.78. The summed E-state index contributed by atoms with van der Waals surface area (Å²) in [6.45, 7) is 10.3. The first kappa shape index (κ1) is 18.0. The Morgan fingerprint density at radius 2 is 1.86 bits per heavy atom. The average Bonchev–Trinajstić information content (AvgIpc) is 2.36. The van der Waals surface area contributed by atoms with Gasteiger partial charge in [-0.25, -0.2) is 0 Å². The summed E-state index contributed by atoms with van der Waals surface area (Å²) in [5.41, 5.74) is 3.70. The normalized spacial score (nSPS) is 27.9. The molecule has 0 aromatic rings. The lowest BCUT2D eigenvalue weighted by Crippen LogP contribution is -2.13. The fourth-order valence-electron chi connectivity index (χ4n) is 2.60. The molecule has 0 bridgehead atoms. The van der Waals surface area contributed by atoms with Crippen LogP contribution in [0.25, 0.3) is 0 Å². The zero-order valence-electron chi connectivity index (χ0n) is 14.4. The van der Waals surface area contributed by atoms with Gasteiger partial charge in [0.05, 0.1) is 5.60 Å². The molecule has 1 aliphatic rings. The zero-order chi connectivity index (χ0) is 15.9. The molecule has 0 fully saturated rings. The summed E-state index contributed by atoms with van der Waals surface area (Å²) < 4.78 is 0. The summed E-state index contributed by atoms with van der Waals surface area (Å²) in [7, 11) is 0. The van der Waals surface area contributed by atoms with Gasteiger partial charge in [-0.3, -0.25) is 0 Å². The third-order valence-corrected chi connectivity index (χ3v) is 4.18. The van der Waals surface area contributed by atoms with E-state index in [1.54, 1.807) is 13.8 Å². The Morgan fingerprint density at radius 1 is 1.19 bits per heavy atom.